The third kappa shape index (κ3) is 2.36. The molecule has 0 aliphatic rings. The first-order chi connectivity index (χ1) is 8.11. The van der Waals surface area contributed by atoms with Crippen molar-refractivity contribution in [1.29, 1.82) is 0 Å². The van der Waals surface area contributed by atoms with E-state index in [2.05, 4.69) is 0 Å². The fourth-order valence-electron chi connectivity index (χ4n) is 1.49. The summed E-state index contributed by atoms with van der Waals surface area (Å²) in [7, 11) is 0. The Morgan fingerprint density at radius 3 is 2.12 bits per heavy atom. The van der Waals surface area contributed by atoms with Crippen LogP contribution < -0.4 is 0 Å². The second kappa shape index (κ2) is 4.91. The third-order valence-corrected chi connectivity index (χ3v) is 3.25. The molecule has 0 spiro atoms. The van der Waals surface area contributed by atoms with Gasteiger partial charge in [0.2, 0.25) is 0 Å². The Balaban J connectivity index is 2.56. The van der Waals surface area contributed by atoms with Crippen molar-refractivity contribution < 1.29 is 13.6 Å². The van der Waals surface area contributed by atoms with Crippen molar-refractivity contribution >= 4 is 28.4 Å². The lowest BCUT2D eigenvalue weighted by Crippen LogP contribution is -2.08. The summed E-state index contributed by atoms with van der Waals surface area (Å²) in [6.45, 7) is 0. The molecule has 2 rings (SSSR count). The summed E-state index contributed by atoms with van der Waals surface area (Å²) in [6.07, 6.45) is 0. The van der Waals surface area contributed by atoms with Gasteiger partial charge in [-0.15, -0.1) is 0 Å². The number of ketones is 1. The van der Waals surface area contributed by atoms with Crippen LogP contribution in [0.3, 0.4) is 0 Å². The molecule has 0 unspecified atom stereocenters. The van der Waals surface area contributed by atoms with Gasteiger partial charge in [0.15, 0.2) is 5.78 Å². The molecule has 2 aromatic carbocycles. The van der Waals surface area contributed by atoms with Gasteiger partial charge < -0.3 is 0 Å². The van der Waals surface area contributed by atoms with Crippen LogP contribution in [0.5, 0.6) is 0 Å². The first-order valence-electron chi connectivity index (χ1n) is 4.84. The van der Waals surface area contributed by atoms with Gasteiger partial charge in [0.05, 0.1) is 5.56 Å². The lowest BCUT2D eigenvalue weighted by atomic mass is 10.0. The molecule has 0 fully saturated rings. The highest BCUT2D eigenvalue weighted by atomic mass is 127. The molecule has 2 aromatic rings. The van der Waals surface area contributed by atoms with Gasteiger partial charge in [0.25, 0.3) is 0 Å². The molecule has 0 amide bonds. The molecule has 0 N–H and O–H groups in total. The lowest BCUT2D eigenvalue weighted by molar-refractivity contribution is 0.103. The normalized spacial score (nSPS) is 10.3. The first kappa shape index (κ1) is 12.2. The van der Waals surface area contributed by atoms with Crippen LogP contribution in [0.15, 0.2) is 42.5 Å². The van der Waals surface area contributed by atoms with E-state index in [1.54, 1.807) is 24.3 Å². The van der Waals surface area contributed by atoms with Crippen LogP contribution >= 0.6 is 22.6 Å². The summed E-state index contributed by atoms with van der Waals surface area (Å²) in [5, 5.41) is 0. The summed E-state index contributed by atoms with van der Waals surface area (Å²) >= 11 is 1.96. The topological polar surface area (TPSA) is 17.1 Å². The molecule has 1 nitrogen and oxygen atoms in total. The van der Waals surface area contributed by atoms with Gasteiger partial charge in [0, 0.05) is 9.13 Å². The minimum Gasteiger partial charge on any atom is -0.288 e. The molecule has 0 saturated heterocycles. The molecule has 0 heterocycles. The first-order valence-corrected chi connectivity index (χ1v) is 5.92. The number of carbonyl (C=O) groups excluding carboxylic acids is 1. The summed E-state index contributed by atoms with van der Waals surface area (Å²) in [6, 6.07) is 10.1. The van der Waals surface area contributed by atoms with Crippen molar-refractivity contribution in [2.75, 3.05) is 0 Å². The molecule has 0 atom stereocenters. The van der Waals surface area contributed by atoms with Crippen LogP contribution in [0, 0.1) is 15.2 Å². The van der Waals surface area contributed by atoms with Gasteiger partial charge in [-0.25, -0.2) is 8.78 Å². The molecule has 17 heavy (non-hydrogen) atoms. The quantitative estimate of drug-likeness (QED) is 0.598. The van der Waals surface area contributed by atoms with Crippen LogP contribution in [0.1, 0.15) is 15.9 Å². The Kier molecular flexibility index (Phi) is 3.51. The zero-order valence-electron chi connectivity index (χ0n) is 8.58. The third-order valence-electron chi connectivity index (χ3n) is 2.31. The smallest absolute Gasteiger partial charge is 0.200 e. The van der Waals surface area contributed by atoms with E-state index >= 15 is 0 Å². The minimum atomic E-state index is -0.838. The van der Waals surface area contributed by atoms with Crippen molar-refractivity contribution in [2.45, 2.75) is 0 Å². The van der Waals surface area contributed by atoms with E-state index in [1.165, 1.54) is 6.07 Å². The lowest BCUT2D eigenvalue weighted by Gasteiger charge is -2.05. The van der Waals surface area contributed by atoms with Crippen LogP contribution in [-0.4, -0.2) is 5.78 Å². The fourth-order valence-corrected chi connectivity index (χ4v) is 2.13. The molecule has 0 aliphatic heterocycles. The molecular weight excluding hydrogens is 337 g/mol. The van der Waals surface area contributed by atoms with Gasteiger partial charge >= 0.3 is 0 Å². The van der Waals surface area contributed by atoms with E-state index in [-0.39, 0.29) is 0 Å². The van der Waals surface area contributed by atoms with Crippen LogP contribution in [0.25, 0.3) is 0 Å². The van der Waals surface area contributed by atoms with E-state index in [0.717, 1.165) is 12.1 Å². The second-order valence-corrected chi connectivity index (χ2v) is 4.57. The molecule has 0 radical (unpaired) electrons. The van der Waals surface area contributed by atoms with E-state index in [4.69, 9.17) is 0 Å². The summed E-state index contributed by atoms with van der Waals surface area (Å²) in [5.41, 5.74) is -0.200. The average molecular weight is 344 g/mol. The van der Waals surface area contributed by atoms with Gasteiger partial charge in [-0.1, -0.05) is 18.2 Å². The zero-order valence-corrected chi connectivity index (χ0v) is 10.7. The molecule has 86 valence electrons. The van der Waals surface area contributed by atoms with E-state index < -0.39 is 23.0 Å². The second-order valence-electron chi connectivity index (χ2n) is 3.41. The predicted octanol–water partition coefficient (Wildman–Crippen LogP) is 3.80. The maximum Gasteiger partial charge on any atom is 0.200 e. The molecule has 4 heteroatoms. The Bertz CT molecular complexity index is 561. The zero-order chi connectivity index (χ0) is 12.4. The highest BCUT2D eigenvalue weighted by molar-refractivity contribution is 14.1. The largest absolute Gasteiger partial charge is 0.288 e. The van der Waals surface area contributed by atoms with Crippen molar-refractivity contribution in [3.05, 3.63) is 68.8 Å². The van der Waals surface area contributed by atoms with E-state index in [1.807, 2.05) is 22.6 Å². The van der Waals surface area contributed by atoms with Crippen molar-refractivity contribution in [2.24, 2.45) is 0 Å². The molecule has 0 saturated carbocycles. The summed E-state index contributed by atoms with van der Waals surface area (Å²) in [4.78, 5) is 12.0. The van der Waals surface area contributed by atoms with Gasteiger partial charge in [-0.3, -0.25) is 4.79 Å². The SMILES string of the molecule is O=C(c1ccccc1I)c1c(F)cccc1F. The minimum absolute atomic E-state index is 0.303. The van der Waals surface area contributed by atoms with Crippen molar-refractivity contribution in [3.8, 4) is 0 Å². The predicted molar refractivity (Wildman–Crippen MR) is 68.9 cm³/mol. The highest BCUT2D eigenvalue weighted by Gasteiger charge is 2.20. The van der Waals surface area contributed by atoms with Gasteiger partial charge in [-0.05, 0) is 46.9 Å². The molecule has 0 aromatic heterocycles. The summed E-state index contributed by atoms with van der Waals surface area (Å²) < 4.78 is 27.6. The van der Waals surface area contributed by atoms with Crippen molar-refractivity contribution in [1.82, 2.24) is 0 Å². The van der Waals surface area contributed by atoms with Crippen LogP contribution in [0.2, 0.25) is 0 Å². The van der Waals surface area contributed by atoms with Crippen molar-refractivity contribution in [3.63, 3.8) is 0 Å². The number of hydrogen-bond acceptors (Lipinski definition) is 1. The highest BCUT2D eigenvalue weighted by Crippen LogP contribution is 2.20. The maximum absolute atomic E-state index is 13.5. The number of halogens is 3. The van der Waals surface area contributed by atoms with Gasteiger partial charge in [-0.2, -0.15) is 0 Å². The van der Waals surface area contributed by atoms with Crippen LogP contribution in [-0.2, 0) is 0 Å². The Morgan fingerprint density at radius 1 is 0.941 bits per heavy atom. The van der Waals surface area contributed by atoms with Crippen LogP contribution in [0.4, 0.5) is 8.78 Å². The number of rotatable bonds is 2. The van der Waals surface area contributed by atoms with Gasteiger partial charge in [0.1, 0.15) is 11.6 Å². The number of carbonyl (C=O) groups is 1. The summed E-state index contributed by atoms with van der Waals surface area (Å²) in [5.74, 6) is -2.31. The fraction of sp³-hybridized carbons (Fsp3) is 0. The number of hydrogen-bond donors (Lipinski definition) is 0. The average Bonchev–Trinajstić information content (AvgIpc) is 2.29. The Hall–Kier alpha value is -1.30. The number of benzene rings is 2. The monoisotopic (exact) mass is 344 g/mol. The Morgan fingerprint density at radius 2 is 1.53 bits per heavy atom. The Labute approximate surface area is 111 Å². The van der Waals surface area contributed by atoms with E-state index in [9.17, 15) is 13.6 Å². The van der Waals surface area contributed by atoms with E-state index in [0.29, 0.717) is 9.13 Å². The molecule has 0 bridgehead atoms. The standard InChI is InChI=1S/C13H7F2IO/c14-9-5-3-6-10(15)12(9)13(17)8-4-1-2-7-11(8)16/h1-7H. The molecule has 0 aliphatic carbocycles. The molecular formula is C13H7F2IO. The maximum atomic E-state index is 13.5.